The summed E-state index contributed by atoms with van der Waals surface area (Å²) in [7, 11) is 0. The predicted molar refractivity (Wildman–Crippen MR) is 70.9 cm³/mol. The summed E-state index contributed by atoms with van der Waals surface area (Å²) < 4.78 is 15.5. The van der Waals surface area contributed by atoms with E-state index in [0.717, 1.165) is 6.42 Å². The summed E-state index contributed by atoms with van der Waals surface area (Å²) in [6, 6.07) is 2.22. The molecule has 2 aromatic rings. The molecule has 0 saturated heterocycles. The minimum absolute atomic E-state index is 0.199. The number of rotatable bonds is 5. The molecule has 0 aliphatic heterocycles. The van der Waals surface area contributed by atoms with Gasteiger partial charge in [0.2, 0.25) is 0 Å². The summed E-state index contributed by atoms with van der Waals surface area (Å²) >= 11 is 6.13. The summed E-state index contributed by atoms with van der Waals surface area (Å²) in [5.74, 6) is 5.10. The van der Waals surface area contributed by atoms with Gasteiger partial charge < -0.3 is 0 Å². The highest BCUT2D eigenvalue weighted by atomic mass is 35.5. The Morgan fingerprint density at radius 1 is 1.58 bits per heavy atom. The Balaban J connectivity index is 2.48. The molecule has 2 aromatic heterocycles. The van der Waals surface area contributed by atoms with Crippen LogP contribution in [-0.2, 0) is 6.54 Å². The van der Waals surface area contributed by atoms with Gasteiger partial charge in [-0.1, -0.05) is 18.5 Å². The van der Waals surface area contributed by atoms with E-state index in [1.54, 1.807) is 4.68 Å². The molecule has 7 heteroatoms. The van der Waals surface area contributed by atoms with E-state index in [0.29, 0.717) is 17.3 Å². The Hall–Kier alpha value is -1.50. The lowest BCUT2D eigenvalue weighted by Crippen LogP contribution is -2.32. The highest BCUT2D eigenvalue weighted by molar-refractivity contribution is 6.31. The van der Waals surface area contributed by atoms with Gasteiger partial charge in [0, 0.05) is 12.7 Å². The fraction of sp³-hybridized carbons (Fsp3) is 0.333. The van der Waals surface area contributed by atoms with E-state index >= 15 is 0 Å². The summed E-state index contributed by atoms with van der Waals surface area (Å²) in [6.07, 6.45) is 3.92. The van der Waals surface area contributed by atoms with E-state index in [-0.39, 0.29) is 5.69 Å². The van der Waals surface area contributed by atoms with Crippen LogP contribution in [0.5, 0.6) is 0 Å². The lowest BCUT2D eigenvalue weighted by molar-refractivity contribution is 0.492. The van der Waals surface area contributed by atoms with Crippen molar-refractivity contribution in [3.05, 3.63) is 46.8 Å². The van der Waals surface area contributed by atoms with Crippen molar-refractivity contribution in [1.82, 2.24) is 20.2 Å². The Kier molecular flexibility index (Phi) is 4.47. The van der Waals surface area contributed by atoms with Crippen molar-refractivity contribution >= 4 is 11.6 Å². The second kappa shape index (κ2) is 6.10. The SMILES string of the molecule is CCCn1ncc(Cl)c1C(NN)c1ncccc1F. The van der Waals surface area contributed by atoms with E-state index in [2.05, 4.69) is 15.5 Å². The van der Waals surface area contributed by atoms with E-state index in [1.165, 1.54) is 24.5 Å². The molecule has 2 heterocycles. The number of hydrogen-bond donors (Lipinski definition) is 2. The van der Waals surface area contributed by atoms with Crippen molar-refractivity contribution < 1.29 is 4.39 Å². The fourth-order valence-corrected chi connectivity index (χ4v) is 2.20. The van der Waals surface area contributed by atoms with Gasteiger partial charge in [-0.2, -0.15) is 5.10 Å². The number of nitrogens with zero attached hydrogens (tertiary/aromatic N) is 3. The molecule has 19 heavy (non-hydrogen) atoms. The monoisotopic (exact) mass is 283 g/mol. The van der Waals surface area contributed by atoms with E-state index in [9.17, 15) is 4.39 Å². The van der Waals surface area contributed by atoms with Crippen LogP contribution in [0.2, 0.25) is 5.02 Å². The fourth-order valence-electron chi connectivity index (χ4n) is 1.95. The second-order valence-corrected chi connectivity index (χ2v) is 4.48. The van der Waals surface area contributed by atoms with Crippen LogP contribution in [0.15, 0.2) is 24.5 Å². The smallest absolute Gasteiger partial charge is 0.146 e. The molecule has 102 valence electrons. The lowest BCUT2D eigenvalue weighted by Gasteiger charge is -2.18. The first-order chi connectivity index (χ1) is 9.19. The number of aromatic nitrogens is 3. The number of nitrogens with two attached hydrogens (primary N) is 1. The molecule has 0 fully saturated rings. The maximum Gasteiger partial charge on any atom is 0.146 e. The third kappa shape index (κ3) is 2.75. The zero-order chi connectivity index (χ0) is 13.8. The summed E-state index contributed by atoms with van der Waals surface area (Å²) in [5.41, 5.74) is 3.37. The number of hydrogen-bond acceptors (Lipinski definition) is 4. The average Bonchev–Trinajstić information content (AvgIpc) is 2.75. The van der Waals surface area contributed by atoms with E-state index in [1.807, 2.05) is 6.92 Å². The molecular formula is C12H15ClFN5. The first kappa shape index (κ1) is 13.9. The molecule has 0 aliphatic carbocycles. The molecule has 0 radical (unpaired) electrons. The molecule has 0 saturated carbocycles. The molecular weight excluding hydrogens is 269 g/mol. The number of nitrogens with one attached hydrogen (secondary N) is 1. The highest BCUT2D eigenvalue weighted by Gasteiger charge is 2.24. The van der Waals surface area contributed by atoms with Gasteiger partial charge in [0.25, 0.3) is 0 Å². The second-order valence-electron chi connectivity index (χ2n) is 4.07. The molecule has 0 amide bonds. The molecule has 5 nitrogen and oxygen atoms in total. The number of pyridine rings is 1. The molecule has 2 rings (SSSR count). The Morgan fingerprint density at radius 2 is 2.37 bits per heavy atom. The van der Waals surface area contributed by atoms with Crippen molar-refractivity contribution in [3.8, 4) is 0 Å². The Bertz CT molecular complexity index is 557. The van der Waals surface area contributed by atoms with Crippen LogP contribution in [0, 0.1) is 5.82 Å². The molecule has 0 spiro atoms. The molecule has 1 atom stereocenters. The maximum absolute atomic E-state index is 13.8. The van der Waals surface area contributed by atoms with Crippen LogP contribution in [0.3, 0.4) is 0 Å². The van der Waals surface area contributed by atoms with E-state index in [4.69, 9.17) is 17.4 Å². The third-order valence-corrected chi connectivity index (χ3v) is 3.06. The summed E-state index contributed by atoms with van der Waals surface area (Å²) in [4.78, 5) is 4.03. The largest absolute Gasteiger partial charge is 0.270 e. The normalized spacial score (nSPS) is 12.6. The van der Waals surface area contributed by atoms with Crippen LogP contribution in [0.4, 0.5) is 4.39 Å². The topological polar surface area (TPSA) is 68.8 Å². The van der Waals surface area contributed by atoms with Crippen molar-refractivity contribution in [2.45, 2.75) is 25.9 Å². The van der Waals surface area contributed by atoms with Crippen LogP contribution < -0.4 is 11.3 Å². The summed E-state index contributed by atoms with van der Waals surface area (Å²) in [5, 5.41) is 4.60. The van der Waals surface area contributed by atoms with Gasteiger partial charge in [-0.05, 0) is 18.6 Å². The number of aryl methyl sites for hydroxylation is 1. The van der Waals surface area contributed by atoms with Gasteiger partial charge in [0.15, 0.2) is 0 Å². The van der Waals surface area contributed by atoms with Gasteiger partial charge >= 0.3 is 0 Å². The number of hydrazine groups is 1. The van der Waals surface area contributed by atoms with Crippen molar-refractivity contribution in [2.24, 2.45) is 5.84 Å². The number of halogens is 2. The predicted octanol–water partition coefficient (Wildman–Crippen LogP) is 2.03. The standard InChI is InChI=1S/C12H15ClFN5/c1-2-6-19-12(8(13)7-17-19)11(18-15)10-9(14)4-3-5-16-10/h3-5,7,11,18H,2,6,15H2,1H3. The minimum Gasteiger partial charge on any atom is -0.270 e. The van der Waals surface area contributed by atoms with Gasteiger partial charge in [-0.3, -0.25) is 15.5 Å². The van der Waals surface area contributed by atoms with E-state index < -0.39 is 11.9 Å². The van der Waals surface area contributed by atoms with Crippen LogP contribution >= 0.6 is 11.6 Å². The van der Waals surface area contributed by atoms with Crippen molar-refractivity contribution in [2.75, 3.05) is 0 Å². The first-order valence-corrected chi connectivity index (χ1v) is 6.34. The molecule has 0 bridgehead atoms. The van der Waals surface area contributed by atoms with Gasteiger partial charge in [-0.15, -0.1) is 0 Å². The Morgan fingerprint density at radius 3 is 3.00 bits per heavy atom. The Labute approximate surface area is 115 Å². The zero-order valence-corrected chi connectivity index (χ0v) is 11.2. The molecule has 1 unspecified atom stereocenters. The van der Waals surface area contributed by atoms with Crippen LogP contribution in [0.1, 0.15) is 30.8 Å². The lowest BCUT2D eigenvalue weighted by atomic mass is 10.1. The van der Waals surface area contributed by atoms with Crippen molar-refractivity contribution in [3.63, 3.8) is 0 Å². The highest BCUT2D eigenvalue weighted by Crippen LogP contribution is 2.28. The third-order valence-electron chi connectivity index (χ3n) is 2.77. The van der Waals surface area contributed by atoms with Gasteiger partial charge in [-0.25, -0.2) is 9.82 Å². The van der Waals surface area contributed by atoms with Crippen LogP contribution in [-0.4, -0.2) is 14.8 Å². The molecule has 3 N–H and O–H groups in total. The molecule has 0 aromatic carbocycles. The quantitative estimate of drug-likeness (QED) is 0.651. The average molecular weight is 284 g/mol. The molecule has 0 aliphatic rings. The minimum atomic E-state index is -0.636. The van der Waals surface area contributed by atoms with Crippen molar-refractivity contribution in [1.29, 1.82) is 0 Å². The van der Waals surface area contributed by atoms with Gasteiger partial charge in [0.05, 0.1) is 16.9 Å². The first-order valence-electron chi connectivity index (χ1n) is 5.96. The summed E-state index contributed by atoms with van der Waals surface area (Å²) in [6.45, 7) is 2.69. The maximum atomic E-state index is 13.8. The van der Waals surface area contributed by atoms with Gasteiger partial charge in [0.1, 0.15) is 17.6 Å². The zero-order valence-electron chi connectivity index (χ0n) is 10.5. The van der Waals surface area contributed by atoms with Crippen LogP contribution in [0.25, 0.3) is 0 Å².